The summed E-state index contributed by atoms with van der Waals surface area (Å²) < 4.78 is 0. The summed E-state index contributed by atoms with van der Waals surface area (Å²) in [5.41, 5.74) is 0.707. The summed E-state index contributed by atoms with van der Waals surface area (Å²) in [7, 11) is 0. The monoisotopic (exact) mass is 204 g/mol. The first-order chi connectivity index (χ1) is 7.16. The zero-order valence-electron chi connectivity index (χ0n) is 8.27. The van der Waals surface area contributed by atoms with E-state index in [0.29, 0.717) is 18.4 Å². The van der Waals surface area contributed by atoms with E-state index in [9.17, 15) is 14.7 Å². The molecule has 0 heterocycles. The van der Waals surface area contributed by atoms with Gasteiger partial charge in [-0.05, 0) is 11.6 Å². The van der Waals surface area contributed by atoms with Gasteiger partial charge in [-0.1, -0.05) is 18.2 Å². The van der Waals surface area contributed by atoms with Crippen molar-refractivity contribution < 1.29 is 14.7 Å². The number of hydrogen-bond acceptors (Lipinski definition) is 3. The van der Waals surface area contributed by atoms with E-state index in [1.54, 1.807) is 24.3 Å². The Morgan fingerprint density at radius 3 is 2.27 bits per heavy atom. The van der Waals surface area contributed by atoms with E-state index >= 15 is 0 Å². The van der Waals surface area contributed by atoms with Gasteiger partial charge >= 0.3 is 0 Å². The molecule has 78 valence electrons. The van der Waals surface area contributed by atoms with E-state index in [1.807, 2.05) is 0 Å². The van der Waals surface area contributed by atoms with Gasteiger partial charge < -0.3 is 5.11 Å². The van der Waals surface area contributed by atoms with Crippen molar-refractivity contribution in [1.29, 1.82) is 0 Å². The van der Waals surface area contributed by atoms with Crippen LogP contribution in [0.25, 0.3) is 0 Å². The normalized spacial score (nSPS) is 18.1. The lowest BCUT2D eigenvalue weighted by atomic mass is 9.82. The number of hydrogen-bond donors (Lipinski definition) is 1. The molecule has 1 aliphatic carbocycles. The van der Waals surface area contributed by atoms with Gasteiger partial charge in [-0.25, -0.2) is 0 Å². The first kappa shape index (κ1) is 9.90. The lowest BCUT2D eigenvalue weighted by molar-refractivity contribution is -0.130. The first-order valence-corrected chi connectivity index (χ1v) is 4.98. The minimum Gasteiger partial charge on any atom is -0.508 e. The maximum Gasteiger partial charge on any atom is 0.140 e. The molecule has 3 nitrogen and oxygen atoms in total. The molecule has 1 aromatic carbocycles. The van der Waals surface area contributed by atoms with E-state index in [4.69, 9.17) is 0 Å². The quantitative estimate of drug-likeness (QED) is 0.709. The van der Waals surface area contributed by atoms with Gasteiger partial charge in [0, 0.05) is 18.8 Å². The van der Waals surface area contributed by atoms with Crippen molar-refractivity contribution in [3.8, 4) is 5.75 Å². The highest BCUT2D eigenvalue weighted by Gasteiger charge is 2.27. The first-order valence-electron chi connectivity index (χ1n) is 4.98. The van der Waals surface area contributed by atoms with E-state index in [1.165, 1.54) is 0 Å². The fourth-order valence-corrected chi connectivity index (χ4v) is 2.04. The van der Waals surface area contributed by atoms with Crippen LogP contribution in [0.5, 0.6) is 5.75 Å². The van der Waals surface area contributed by atoms with Crippen LogP contribution < -0.4 is 0 Å². The molecule has 0 atom stereocenters. The van der Waals surface area contributed by atoms with Gasteiger partial charge in [0.15, 0.2) is 0 Å². The highest BCUT2D eigenvalue weighted by Crippen LogP contribution is 2.34. The molecular formula is C12H12O3. The van der Waals surface area contributed by atoms with Crippen LogP contribution >= 0.6 is 0 Å². The van der Waals surface area contributed by atoms with Gasteiger partial charge in [-0.15, -0.1) is 0 Å². The summed E-state index contributed by atoms with van der Waals surface area (Å²) in [6.45, 7) is 0. The fourth-order valence-electron chi connectivity index (χ4n) is 2.04. The van der Waals surface area contributed by atoms with Crippen molar-refractivity contribution in [2.75, 3.05) is 0 Å². The minimum absolute atomic E-state index is 0.0282. The van der Waals surface area contributed by atoms with Crippen LogP contribution in [-0.4, -0.2) is 16.7 Å². The summed E-state index contributed by atoms with van der Waals surface area (Å²) in [6.07, 6.45) is 0.788. The molecule has 0 aliphatic heterocycles. The molecule has 0 bridgehead atoms. The SMILES string of the molecule is O=C1CC(=O)CC(c2ccccc2O)C1. The Kier molecular flexibility index (Phi) is 2.54. The number of phenols is 1. The Morgan fingerprint density at radius 1 is 1.07 bits per heavy atom. The summed E-state index contributed by atoms with van der Waals surface area (Å²) >= 11 is 0. The predicted octanol–water partition coefficient (Wildman–Crippen LogP) is 1.80. The van der Waals surface area contributed by atoms with Crippen LogP contribution in [0.15, 0.2) is 24.3 Å². The van der Waals surface area contributed by atoms with Crippen molar-refractivity contribution in [2.24, 2.45) is 0 Å². The van der Waals surface area contributed by atoms with Gasteiger partial charge in [0.1, 0.15) is 17.3 Å². The van der Waals surface area contributed by atoms with Crippen LogP contribution in [0.4, 0.5) is 0 Å². The average Bonchev–Trinajstić information content (AvgIpc) is 2.16. The maximum atomic E-state index is 11.3. The average molecular weight is 204 g/mol. The number of carbonyl (C=O) groups is 2. The second-order valence-corrected chi connectivity index (χ2v) is 3.92. The number of rotatable bonds is 1. The zero-order valence-corrected chi connectivity index (χ0v) is 8.27. The maximum absolute atomic E-state index is 11.3. The predicted molar refractivity (Wildman–Crippen MR) is 54.7 cm³/mol. The molecule has 0 aromatic heterocycles. The fraction of sp³-hybridized carbons (Fsp3) is 0.333. The van der Waals surface area contributed by atoms with E-state index < -0.39 is 0 Å². The molecule has 1 aromatic rings. The molecule has 2 rings (SSSR count). The lowest BCUT2D eigenvalue weighted by Gasteiger charge is -2.20. The molecule has 15 heavy (non-hydrogen) atoms. The highest BCUT2D eigenvalue weighted by atomic mass is 16.3. The number of para-hydroxylation sites is 1. The third-order valence-corrected chi connectivity index (χ3v) is 2.72. The van der Waals surface area contributed by atoms with Crippen molar-refractivity contribution in [2.45, 2.75) is 25.2 Å². The van der Waals surface area contributed by atoms with E-state index in [0.717, 1.165) is 0 Å². The second-order valence-electron chi connectivity index (χ2n) is 3.92. The molecule has 0 radical (unpaired) electrons. The Balaban J connectivity index is 2.27. The van der Waals surface area contributed by atoms with Crippen LogP contribution in [0.1, 0.15) is 30.7 Å². The summed E-state index contributed by atoms with van der Waals surface area (Å²) in [6, 6.07) is 6.88. The molecule has 1 fully saturated rings. The second kappa shape index (κ2) is 3.85. The smallest absolute Gasteiger partial charge is 0.140 e. The van der Waals surface area contributed by atoms with Gasteiger partial charge in [-0.3, -0.25) is 9.59 Å². The van der Waals surface area contributed by atoms with E-state index in [2.05, 4.69) is 0 Å². The molecule has 1 N–H and O–H groups in total. The third kappa shape index (κ3) is 2.06. The minimum atomic E-state index is -0.139. The number of carbonyl (C=O) groups excluding carboxylic acids is 2. The van der Waals surface area contributed by atoms with Gasteiger partial charge in [0.2, 0.25) is 0 Å². The summed E-state index contributed by atoms with van der Waals surface area (Å²) in [5.74, 6) is -0.0241. The van der Waals surface area contributed by atoms with Crippen molar-refractivity contribution >= 4 is 11.6 Å². The lowest BCUT2D eigenvalue weighted by Crippen LogP contribution is -2.21. The Bertz CT molecular complexity index is 393. The number of ketones is 2. The van der Waals surface area contributed by atoms with Crippen molar-refractivity contribution in [1.82, 2.24) is 0 Å². The number of aromatic hydroxyl groups is 1. The van der Waals surface area contributed by atoms with E-state index in [-0.39, 0.29) is 29.7 Å². The Hall–Kier alpha value is -1.64. The van der Waals surface area contributed by atoms with Crippen molar-refractivity contribution in [3.63, 3.8) is 0 Å². The highest BCUT2D eigenvalue weighted by molar-refractivity contribution is 6.02. The van der Waals surface area contributed by atoms with Gasteiger partial charge in [0.25, 0.3) is 0 Å². The number of Topliss-reactive ketones (excluding diaryl/α,β-unsaturated/α-hetero) is 2. The van der Waals surface area contributed by atoms with Crippen LogP contribution in [0, 0.1) is 0 Å². The number of benzene rings is 1. The molecule has 0 unspecified atom stereocenters. The summed E-state index contributed by atoms with van der Waals surface area (Å²) in [5, 5.41) is 9.61. The molecule has 3 heteroatoms. The molecule has 1 aliphatic rings. The summed E-state index contributed by atoms with van der Waals surface area (Å²) in [4.78, 5) is 22.5. The van der Waals surface area contributed by atoms with Crippen LogP contribution in [0.2, 0.25) is 0 Å². The molecule has 0 spiro atoms. The standard InChI is InChI=1S/C12H12O3/c13-9-5-8(6-10(14)7-9)11-3-1-2-4-12(11)15/h1-4,8,15H,5-7H2. The third-order valence-electron chi connectivity index (χ3n) is 2.72. The Labute approximate surface area is 87.7 Å². The van der Waals surface area contributed by atoms with Crippen LogP contribution in [0.3, 0.4) is 0 Å². The van der Waals surface area contributed by atoms with Gasteiger partial charge in [-0.2, -0.15) is 0 Å². The number of phenolic OH excluding ortho intramolecular Hbond substituents is 1. The zero-order chi connectivity index (χ0) is 10.8. The molecule has 0 saturated heterocycles. The molecule has 0 amide bonds. The Morgan fingerprint density at radius 2 is 1.67 bits per heavy atom. The van der Waals surface area contributed by atoms with Crippen molar-refractivity contribution in [3.05, 3.63) is 29.8 Å². The largest absolute Gasteiger partial charge is 0.508 e. The molecular weight excluding hydrogens is 192 g/mol. The van der Waals surface area contributed by atoms with Crippen LogP contribution in [-0.2, 0) is 9.59 Å². The topological polar surface area (TPSA) is 54.4 Å². The van der Waals surface area contributed by atoms with Gasteiger partial charge in [0.05, 0.1) is 6.42 Å². The molecule has 1 saturated carbocycles.